The first-order valence-electron chi connectivity index (χ1n) is 10.4. The van der Waals surface area contributed by atoms with Crippen molar-refractivity contribution in [1.29, 1.82) is 0 Å². The van der Waals surface area contributed by atoms with Crippen molar-refractivity contribution >= 4 is 62.0 Å². The van der Waals surface area contributed by atoms with Crippen LogP contribution in [0.15, 0.2) is 59.6 Å². The summed E-state index contributed by atoms with van der Waals surface area (Å²) in [5.74, 6) is -0.628. The molecular formula is C23H19ClN3O5S3-. The molecule has 2 heterocycles. The van der Waals surface area contributed by atoms with Gasteiger partial charge in [-0.25, -0.2) is 13.1 Å². The van der Waals surface area contributed by atoms with Gasteiger partial charge in [0.1, 0.15) is 15.8 Å². The van der Waals surface area contributed by atoms with Gasteiger partial charge >= 0.3 is 0 Å². The summed E-state index contributed by atoms with van der Waals surface area (Å²) >= 11 is 12.7. The van der Waals surface area contributed by atoms with Crippen LogP contribution in [0.25, 0.3) is 23.0 Å². The third-order valence-corrected chi connectivity index (χ3v) is 7.35. The second-order valence-corrected chi connectivity index (χ2v) is 11.0. The first-order chi connectivity index (χ1) is 16.7. The SMILES string of the molecule is CCOc1ccc(-c2nn(-c3ccccc3)cc2/C=C2\SC(=S)N(CCS(=O)(=O)[O-])C2=O)cc1Cl. The van der Waals surface area contributed by atoms with E-state index >= 15 is 0 Å². The number of benzene rings is 2. The number of aromatic nitrogens is 2. The van der Waals surface area contributed by atoms with Crippen LogP contribution in [0.3, 0.4) is 0 Å². The molecule has 0 bridgehead atoms. The highest BCUT2D eigenvalue weighted by Crippen LogP contribution is 2.36. The zero-order valence-corrected chi connectivity index (χ0v) is 21.6. The highest BCUT2D eigenvalue weighted by molar-refractivity contribution is 8.26. The molecule has 1 aliphatic rings. The van der Waals surface area contributed by atoms with Crippen molar-refractivity contribution in [2.45, 2.75) is 6.92 Å². The number of hydrogen-bond acceptors (Lipinski definition) is 8. The molecule has 0 N–H and O–H groups in total. The fourth-order valence-corrected chi connectivity index (χ4v) is 5.33. The zero-order chi connectivity index (χ0) is 25.2. The van der Waals surface area contributed by atoms with Crippen molar-refractivity contribution in [2.75, 3.05) is 18.9 Å². The number of nitrogens with zero attached hydrogens (tertiary/aromatic N) is 3. The number of ether oxygens (including phenoxy) is 1. The molecule has 0 atom stereocenters. The minimum atomic E-state index is -4.49. The van der Waals surface area contributed by atoms with E-state index in [1.807, 2.05) is 43.3 Å². The van der Waals surface area contributed by atoms with Crippen molar-refractivity contribution in [1.82, 2.24) is 14.7 Å². The van der Waals surface area contributed by atoms with Gasteiger partial charge in [-0.1, -0.05) is 53.8 Å². The fraction of sp³-hybridized carbons (Fsp3) is 0.174. The first-order valence-corrected chi connectivity index (χ1v) is 13.6. The quantitative estimate of drug-likeness (QED) is 0.233. The van der Waals surface area contributed by atoms with Gasteiger partial charge in [0.15, 0.2) is 0 Å². The molecular weight excluding hydrogens is 530 g/mol. The Kier molecular flexibility index (Phi) is 7.62. The molecule has 0 spiro atoms. The molecule has 1 aromatic heterocycles. The smallest absolute Gasteiger partial charge is 0.266 e. The molecule has 35 heavy (non-hydrogen) atoms. The second kappa shape index (κ2) is 10.5. The Morgan fingerprint density at radius 2 is 1.97 bits per heavy atom. The molecule has 2 aromatic carbocycles. The third kappa shape index (κ3) is 5.93. The maximum Gasteiger partial charge on any atom is 0.266 e. The minimum Gasteiger partial charge on any atom is -0.748 e. The third-order valence-electron chi connectivity index (χ3n) is 4.99. The van der Waals surface area contributed by atoms with E-state index in [1.165, 1.54) is 0 Å². The zero-order valence-electron chi connectivity index (χ0n) is 18.4. The Bertz CT molecular complexity index is 1420. The van der Waals surface area contributed by atoms with Gasteiger partial charge in [0.2, 0.25) is 0 Å². The molecule has 8 nitrogen and oxygen atoms in total. The van der Waals surface area contributed by atoms with Crippen molar-refractivity contribution in [3.63, 3.8) is 0 Å². The van der Waals surface area contributed by atoms with Crippen molar-refractivity contribution in [2.24, 2.45) is 0 Å². The molecule has 1 saturated heterocycles. The average molecular weight is 549 g/mol. The maximum absolute atomic E-state index is 12.9. The van der Waals surface area contributed by atoms with Gasteiger partial charge in [-0.2, -0.15) is 5.10 Å². The molecule has 0 radical (unpaired) electrons. The predicted molar refractivity (Wildman–Crippen MR) is 140 cm³/mol. The highest BCUT2D eigenvalue weighted by atomic mass is 35.5. The Morgan fingerprint density at radius 3 is 2.63 bits per heavy atom. The van der Waals surface area contributed by atoms with Gasteiger partial charge in [-0.15, -0.1) is 0 Å². The lowest BCUT2D eigenvalue weighted by Gasteiger charge is -2.15. The summed E-state index contributed by atoms with van der Waals surface area (Å²) in [7, 11) is -4.49. The van der Waals surface area contributed by atoms with Gasteiger partial charge in [0.25, 0.3) is 5.91 Å². The largest absolute Gasteiger partial charge is 0.748 e. The van der Waals surface area contributed by atoms with Gasteiger partial charge < -0.3 is 9.29 Å². The standard InChI is InChI=1S/C23H20ClN3O5S3/c1-2-32-19-9-8-15(12-18(19)24)21-16(14-27(25-21)17-6-4-3-5-7-17)13-20-22(28)26(23(33)34-20)10-11-35(29,30)31/h3-9,12-14H,2,10-11H2,1H3,(H,29,30,31)/p-1/b20-13-. The summed E-state index contributed by atoms with van der Waals surface area (Å²) in [6.45, 7) is 2.05. The van der Waals surface area contributed by atoms with Crippen LogP contribution < -0.4 is 4.74 Å². The first kappa shape index (κ1) is 25.4. The predicted octanol–water partition coefficient (Wildman–Crippen LogP) is 4.34. The van der Waals surface area contributed by atoms with E-state index in [0.717, 1.165) is 22.3 Å². The Hall–Kier alpha value is -2.70. The number of rotatable bonds is 8. The van der Waals surface area contributed by atoms with E-state index in [-0.39, 0.29) is 10.9 Å². The molecule has 0 aliphatic carbocycles. The monoisotopic (exact) mass is 548 g/mol. The Balaban J connectivity index is 1.75. The lowest BCUT2D eigenvalue weighted by Crippen LogP contribution is -2.32. The fourth-order valence-electron chi connectivity index (χ4n) is 3.39. The van der Waals surface area contributed by atoms with Crippen LogP contribution in [-0.4, -0.2) is 56.8 Å². The Labute approximate surface area is 217 Å². The van der Waals surface area contributed by atoms with Crippen LogP contribution in [0, 0.1) is 0 Å². The van der Waals surface area contributed by atoms with E-state index in [0.29, 0.717) is 39.1 Å². The average Bonchev–Trinajstić information content (AvgIpc) is 3.35. The molecule has 1 fully saturated rings. The van der Waals surface area contributed by atoms with Crippen LogP contribution in [0.1, 0.15) is 12.5 Å². The number of carbonyl (C=O) groups excluding carboxylic acids is 1. The summed E-state index contributed by atoms with van der Waals surface area (Å²) in [5, 5.41) is 5.15. The van der Waals surface area contributed by atoms with Crippen molar-refractivity contribution in [3.8, 4) is 22.7 Å². The highest BCUT2D eigenvalue weighted by Gasteiger charge is 2.32. The molecule has 1 aliphatic heterocycles. The number of thioether (sulfide) groups is 1. The van der Waals surface area contributed by atoms with E-state index in [9.17, 15) is 17.8 Å². The summed E-state index contributed by atoms with van der Waals surface area (Å²) in [5.41, 5.74) is 2.74. The number of para-hydroxylation sites is 1. The number of amides is 1. The number of thiocarbonyl (C=S) groups is 1. The summed E-state index contributed by atoms with van der Waals surface area (Å²) in [6, 6.07) is 14.8. The molecule has 12 heteroatoms. The van der Waals surface area contributed by atoms with Gasteiger partial charge in [-0.05, 0) is 43.3 Å². The second-order valence-electron chi connectivity index (χ2n) is 7.39. The summed E-state index contributed by atoms with van der Waals surface area (Å²) in [6.07, 6.45) is 3.43. The normalized spacial score (nSPS) is 15.3. The van der Waals surface area contributed by atoms with Crippen LogP contribution in [0.2, 0.25) is 5.02 Å². The van der Waals surface area contributed by atoms with E-state index in [2.05, 4.69) is 0 Å². The van der Waals surface area contributed by atoms with Crippen LogP contribution in [-0.2, 0) is 14.9 Å². The molecule has 3 aromatic rings. The summed E-state index contributed by atoms with van der Waals surface area (Å²) < 4.78 is 40.4. The van der Waals surface area contributed by atoms with Gasteiger partial charge in [0.05, 0.1) is 38.1 Å². The maximum atomic E-state index is 12.9. The molecule has 4 rings (SSSR count). The van der Waals surface area contributed by atoms with Gasteiger partial charge in [0, 0.05) is 23.9 Å². The van der Waals surface area contributed by atoms with Crippen LogP contribution in [0.4, 0.5) is 0 Å². The lowest BCUT2D eigenvalue weighted by molar-refractivity contribution is -0.121. The Morgan fingerprint density at radius 1 is 1.23 bits per heavy atom. The molecule has 0 unspecified atom stereocenters. The lowest BCUT2D eigenvalue weighted by atomic mass is 10.1. The summed E-state index contributed by atoms with van der Waals surface area (Å²) in [4.78, 5) is 14.3. The number of hydrogen-bond donors (Lipinski definition) is 0. The van der Waals surface area contributed by atoms with Gasteiger partial charge in [-0.3, -0.25) is 9.69 Å². The van der Waals surface area contributed by atoms with Crippen molar-refractivity contribution < 1.29 is 22.5 Å². The van der Waals surface area contributed by atoms with E-state index < -0.39 is 21.8 Å². The number of halogens is 1. The van der Waals surface area contributed by atoms with Crippen molar-refractivity contribution in [3.05, 3.63) is 70.2 Å². The molecule has 1 amide bonds. The van der Waals surface area contributed by atoms with E-state index in [1.54, 1.807) is 29.1 Å². The molecule has 0 saturated carbocycles. The topological polar surface area (TPSA) is 105 Å². The minimum absolute atomic E-state index is 0.186. The van der Waals surface area contributed by atoms with Crippen LogP contribution in [0.5, 0.6) is 5.75 Å². The number of carbonyl (C=O) groups is 1. The molecule has 182 valence electrons. The van der Waals surface area contributed by atoms with Crippen LogP contribution >= 0.6 is 35.6 Å². The van der Waals surface area contributed by atoms with E-state index in [4.69, 9.17) is 33.7 Å².